The Bertz CT molecular complexity index is 1010. The number of hydrogen-bond donors (Lipinski definition) is 6. The van der Waals surface area contributed by atoms with Crippen LogP contribution in [0.25, 0.3) is 0 Å². The van der Waals surface area contributed by atoms with E-state index in [0.717, 1.165) is 32.5 Å². The van der Waals surface area contributed by atoms with Crippen molar-refractivity contribution in [3.63, 3.8) is 0 Å². The second-order valence-electron chi connectivity index (χ2n) is 7.75. The molecule has 0 fully saturated rings. The molecule has 2 amide bonds. The minimum Gasteiger partial charge on any atom is -0.462 e. The third-order valence-corrected chi connectivity index (χ3v) is 6.82. The zero-order chi connectivity index (χ0) is 29.5. The largest absolute Gasteiger partial charge is 0.462 e. The fraction of sp³-hybridized carbons (Fsp3) is 0.778. The lowest BCUT2D eigenvalue weighted by atomic mass is 10.3. The predicted molar refractivity (Wildman–Crippen MR) is 133 cm³/mol. The molecule has 17 nitrogen and oxygen atoms in total. The van der Waals surface area contributed by atoms with Crippen LogP contribution in [0.4, 0.5) is 0 Å². The Balaban J connectivity index is 5.40. The van der Waals surface area contributed by atoms with E-state index < -0.39 is 80.4 Å². The van der Waals surface area contributed by atoms with Gasteiger partial charge in [0.05, 0.1) is 11.5 Å². The number of rotatable bonds is 19. The Kier molecular flexibility index (Phi) is 16.6. The average Bonchev–Trinajstić information content (AvgIpc) is 2.75. The van der Waals surface area contributed by atoms with Crippen molar-refractivity contribution < 1.29 is 59.8 Å². The molecule has 6 N–H and O–H groups in total. The Morgan fingerprint density at radius 3 is 2.00 bits per heavy atom. The molecule has 222 valence electrons. The summed E-state index contributed by atoms with van der Waals surface area (Å²) in [7, 11) is -8.69. The normalized spacial score (nSPS) is 14.2. The van der Waals surface area contributed by atoms with Crippen LogP contribution in [-0.2, 0) is 48.9 Å². The highest BCUT2D eigenvalue weighted by Gasteiger charge is 2.30. The van der Waals surface area contributed by atoms with Gasteiger partial charge in [0.1, 0.15) is 24.9 Å². The number of thioether (sulfide) groups is 1. The number of ether oxygens (including phenoxy) is 2. The average molecular weight is 611 g/mol. The Labute approximate surface area is 224 Å². The molecule has 0 aromatic carbocycles. The van der Waals surface area contributed by atoms with Crippen LogP contribution in [0.15, 0.2) is 0 Å². The molecule has 0 aliphatic heterocycles. The molecule has 0 aromatic rings. The van der Waals surface area contributed by atoms with Crippen molar-refractivity contribution in [2.75, 3.05) is 49.3 Å². The second kappa shape index (κ2) is 17.5. The highest BCUT2D eigenvalue weighted by Crippen LogP contribution is 2.11. The summed E-state index contributed by atoms with van der Waals surface area (Å²) >= 11 is 1.02. The van der Waals surface area contributed by atoms with Gasteiger partial charge in [-0.3, -0.25) is 38.8 Å². The molecule has 0 rings (SSSR count). The van der Waals surface area contributed by atoms with Crippen LogP contribution in [0.1, 0.15) is 20.8 Å². The summed E-state index contributed by atoms with van der Waals surface area (Å²) in [6.45, 7) is 2.14. The molecule has 0 bridgehead atoms. The van der Waals surface area contributed by atoms with Crippen LogP contribution in [-0.4, -0.2) is 128 Å². The van der Waals surface area contributed by atoms with Crippen molar-refractivity contribution in [2.45, 2.75) is 39.1 Å². The van der Waals surface area contributed by atoms with Crippen molar-refractivity contribution in [1.29, 1.82) is 0 Å². The maximum absolute atomic E-state index is 13.0. The monoisotopic (exact) mass is 610 g/mol. The number of amides is 2. The number of hydrogen-bond acceptors (Lipinski definition) is 14. The molecule has 0 aliphatic carbocycles. The minimum atomic E-state index is -4.39. The van der Waals surface area contributed by atoms with Gasteiger partial charge in [-0.1, -0.05) is 0 Å². The smallest absolute Gasteiger partial charge is 0.303 e. The molecule has 20 heteroatoms. The summed E-state index contributed by atoms with van der Waals surface area (Å²) in [4.78, 5) is 47.0. The van der Waals surface area contributed by atoms with Gasteiger partial charge in [0.15, 0.2) is 0 Å². The number of esters is 2. The molecular weight excluding hydrogens is 576 g/mol. The molecule has 0 spiro atoms. The van der Waals surface area contributed by atoms with Gasteiger partial charge in [0.25, 0.3) is 26.1 Å². The van der Waals surface area contributed by atoms with Crippen molar-refractivity contribution >= 4 is 55.8 Å². The van der Waals surface area contributed by atoms with Gasteiger partial charge in [-0.2, -0.15) is 28.6 Å². The highest BCUT2D eigenvalue weighted by molar-refractivity contribution is 7.99. The summed E-state index contributed by atoms with van der Waals surface area (Å²) in [5.74, 6) is -4.47. The topological polar surface area (TPSA) is 255 Å². The molecule has 0 saturated carbocycles. The number of hydroxylamine groups is 2. The van der Waals surface area contributed by atoms with Crippen molar-refractivity contribution in [3.05, 3.63) is 0 Å². The van der Waals surface area contributed by atoms with Crippen LogP contribution in [0.3, 0.4) is 0 Å². The molecule has 0 radical (unpaired) electrons. The van der Waals surface area contributed by atoms with Gasteiger partial charge in [-0.05, 0) is 0 Å². The zero-order valence-electron chi connectivity index (χ0n) is 21.0. The van der Waals surface area contributed by atoms with Crippen LogP contribution >= 0.6 is 11.8 Å². The third-order valence-electron chi connectivity index (χ3n) is 4.20. The van der Waals surface area contributed by atoms with E-state index in [1.807, 2.05) is 0 Å². The first-order valence-corrected chi connectivity index (χ1v) is 15.3. The van der Waals surface area contributed by atoms with Gasteiger partial charge in [0, 0.05) is 51.9 Å². The summed E-state index contributed by atoms with van der Waals surface area (Å²) in [5, 5.41) is 18.1. The standard InChI is InChI=1S/C18H34N4O13S3/c1-12(23)21-16(11-36-10-15(35-14(3)25)9-34-13(2)24)18(26)22(27)17(20-5-7-38(31,32)33)8-19-4-6-37(28,29)30/h15-17,19-20,27H,4-11H2,1-3H3,(H,21,23)(H,28,29,30)(H,31,32,33). The number of nitrogens with one attached hydrogen (secondary N) is 3. The maximum atomic E-state index is 13.0. The summed E-state index contributed by atoms with van der Waals surface area (Å²) < 4.78 is 71.3. The second-order valence-corrected chi connectivity index (χ2v) is 12.0. The van der Waals surface area contributed by atoms with Crippen molar-refractivity contribution in [1.82, 2.24) is 21.0 Å². The zero-order valence-corrected chi connectivity index (χ0v) is 23.4. The fourth-order valence-electron chi connectivity index (χ4n) is 2.65. The highest BCUT2D eigenvalue weighted by atomic mass is 32.2. The van der Waals surface area contributed by atoms with Crippen LogP contribution in [0.5, 0.6) is 0 Å². The van der Waals surface area contributed by atoms with Crippen molar-refractivity contribution in [3.8, 4) is 0 Å². The van der Waals surface area contributed by atoms with Crippen LogP contribution in [0, 0.1) is 0 Å². The quantitative estimate of drug-likeness (QED) is 0.0216. The lowest BCUT2D eigenvalue weighted by Crippen LogP contribution is -2.58. The first-order valence-electron chi connectivity index (χ1n) is 10.9. The molecule has 38 heavy (non-hydrogen) atoms. The Morgan fingerprint density at radius 1 is 0.921 bits per heavy atom. The summed E-state index contributed by atoms with van der Waals surface area (Å²) in [6.07, 6.45) is -2.22. The third kappa shape index (κ3) is 19.1. The van der Waals surface area contributed by atoms with Gasteiger partial charge in [0.2, 0.25) is 5.91 Å². The first kappa shape index (κ1) is 35.9. The Hall–Kier alpha value is -2.07. The van der Waals surface area contributed by atoms with E-state index >= 15 is 0 Å². The molecule has 0 aliphatic rings. The van der Waals surface area contributed by atoms with Gasteiger partial charge in [-0.15, -0.1) is 0 Å². The molecule has 0 saturated heterocycles. The lowest BCUT2D eigenvalue weighted by Gasteiger charge is -2.30. The maximum Gasteiger partial charge on any atom is 0.303 e. The Morgan fingerprint density at radius 2 is 1.50 bits per heavy atom. The van der Waals surface area contributed by atoms with E-state index in [1.165, 1.54) is 0 Å². The van der Waals surface area contributed by atoms with E-state index in [0.29, 0.717) is 0 Å². The summed E-state index contributed by atoms with van der Waals surface area (Å²) in [5.41, 5.74) is 0. The van der Waals surface area contributed by atoms with E-state index in [4.69, 9.17) is 18.6 Å². The van der Waals surface area contributed by atoms with Gasteiger partial charge >= 0.3 is 11.9 Å². The molecular formula is C18H34N4O13S3. The van der Waals surface area contributed by atoms with Crippen LogP contribution in [0.2, 0.25) is 0 Å². The number of carbonyl (C=O) groups excluding carboxylic acids is 4. The molecule has 3 atom stereocenters. The SMILES string of the molecule is CC(=O)NC(CSCC(COC(C)=O)OC(C)=O)C(=O)N(O)C(CNCCS(=O)(=O)O)NCCS(=O)(=O)O. The first-order chi connectivity index (χ1) is 17.4. The van der Waals surface area contributed by atoms with Crippen LogP contribution < -0.4 is 16.0 Å². The molecule has 3 unspecified atom stereocenters. The van der Waals surface area contributed by atoms with Gasteiger partial charge in [-0.25, -0.2) is 5.06 Å². The minimum absolute atomic E-state index is 0.0505. The van der Waals surface area contributed by atoms with Gasteiger partial charge < -0.3 is 20.1 Å². The lowest BCUT2D eigenvalue weighted by molar-refractivity contribution is -0.180. The number of nitrogens with zero attached hydrogens (tertiary/aromatic N) is 1. The summed E-state index contributed by atoms with van der Waals surface area (Å²) in [6, 6.07) is -1.32. The molecule has 0 aromatic heterocycles. The predicted octanol–water partition coefficient (Wildman–Crippen LogP) is -2.78. The molecule has 0 heterocycles. The number of carbonyl (C=O) groups is 4. The van der Waals surface area contributed by atoms with Crippen molar-refractivity contribution in [2.24, 2.45) is 0 Å². The van der Waals surface area contributed by atoms with E-state index in [9.17, 15) is 41.2 Å². The van der Waals surface area contributed by atoms with E-state index in [1.54, 1.807) is 0 Å². The van der Waals surface area contributed by atoms with E-state index in [2.05, 4.69) is 16.0 Å². The van der Waals surface area contributed by atoms with E-state index in [-0.39, 0.29) is 36.3 Å². The fourth-order valence-corrected chi connectivity index (χ4v) is 4.45.